The first kappa shape index (κ1) is 20.0. The zero-order valence-electron chi connectivity index (χ0n) is 18.1. The monoisotopic (exact) mass is 423 g/mol. The van der Waals surface area contributed by atoms with Gasteiger partial charge >= 0.3 is 0 Å². The molecule has 0 N–H and O–H groups in total. The van der Waals surface area contributed by atoms with E-state index in [1.165, 1.54) is 0 Å². The molecule has 0 saturated carbocycles. The highest BCUT2D eigenvalue weighted by atomic mass is 16.1. The molecule has 0 atom stereocenters. The molecule has 0 unspecified atom stereocenters. The zero-order valence-corrected chi connectivity index (χ0v) is 18.1. The Morgan fingerprint density at radius 2 is 1.66 bits per heavy atom. The summed E-state index contributed by atoms with van der Waals surface area (Å²) in [7, 11) is 0. The zero-order chi connectivity index (χ0) is 21.9. The van der Waals surface area contributed by atoms with Crippen LogP contribution in [0.4, 0.5) is 23.3 Å². The molecular weight excluding hydrogens is 398 g/mol. The first-order chi connectivity index (χ1) is 15.7. The Balaban J connectivity index is 1.57. The Labute approximate surface area is 187 Å². The van der Waals surface area contributed by atoms with Gasteiger partial charge in [-0.3, -0.25) is 9.36 Å². The third-order valence-electron chi connectivity index (χ3n) is 5.78. The van der Waals surface area contributed by atoms with Gasteiger partial charge in [0.15, 0.2) is 0 Å². The van der Waals surface area contributed by atoms with Crippen LogP contribution in [0.25, 0.3) is 11.1 Å². The second-order valence-corrected chi connectivity index (χ2v) is 7.76. The van der Waals surface area contributed by atoms with E-state index in [1.807, 2.05) is 59.2 Å². The quantitative estimate of drug-likeness (QED) is 0.452. The molecular formula is C26H25N5O. The van der Waals surface area contributed by atoms with Gasteiger partial charge in [-0.25, -0.2) is 4.98 Å². The lowest BCUT2D eigenvalue weighted by molar-refractivity contribution is 0.574. The smallest absolute Gasteiger partial charge is 0.252 e. The molecule has 2 aromatic carbocycles. The fourth-order valence-corrected chi connectivity index (χ4v) is 4.23. The number of rotatable bonds is 5. The summed E-state index contributed by atoms with van der Waals surface area (Å²) in [6.45, 7) is 4.35. The predicted octanol–water partition coefficient (Wildman–Crippen LogP) is 5.01. The third kappa shape index (κ3) is 3.75. The van der Waals surface area contributed by atoms with Crippen LogP contribution in [-0.4, -0.2) is 27.6 Å². The fourth-order valence-electron chi connectivity index (χ4n) is 4.23. The van der Waals surface area contributed by atoms with Crippen LogP contribution in [0.1, 0.15) is 13.3 Å². The van der Waals surface area contributed by atoms with E-state index >= 15 is 0 Å². The predicted molar refractivity (Wildman–Crippen MR) is 129 cm³/mol. The van der Waals surface area contributed by atoms with Gasteiger partial charge in [-0.05, 0) is 48.7 Å². The van der Waals surface area contributed by atoms with E-state index in [4.69, 9.17) is 4.98 Å². The Bertz CT molecular complexity index is 1270. The van der Waals surface area contributed by atoms with Crippen LogP contribution in [0.3, 0.4) is 0 Å². The SMILES string of the molecule is CCN(c1ccccc1)c1nccc(N2CCCn3c2cc(-c2ccccc2)cc3=O)n1. The Morgan fingerprint density at radius 1 is 0.906 bits per heavy atom. The number of nitrogens with zero attached hydrogens (tertiary/aromatic N) is 5. The van der Waals surface area contributed by atoms with Gasteiger partial charge in [0.1, 0.15) is 11.6 Å². The van der Waals surface area contributed by atoms with Crippen LogP contribution >= 0.6 is 0 Å². The summed E-state index contributed by atoms with van der Waals surface area (Å²) in [5.41, 5.74) is 3.01. The number of pyridine rings is 1. The molecule has 2 aromatic heterocycles. The van der Waals surface area contributed by atoms with Gasteiger partial charge < -0.3 is 9.80 Å². The third-order valence-corrected chi connectivity index (χ3v) is 5.78. The molecule has 0 amide bonds. The fraction of sp³-hybridized carbons (Fsp3) is 0.192. The average molecular weight is 424 g/mol. The van der Waals surface area contributed by atoms with Gasteiger partial charge in [-0.2, -0.15) is 4.98 Å². The van der Waals surface area contributed by atoms with Crippen molar-refractivity contribution in [2.75, 3.05) is 22.9 Å². The molecule has 6 nitrogen and oxygen atoms in total. The van der Waals surface area contributed by atoms with Crippen molar-refractivity contribution in [3.63, 3.8) is 0 Å². The van der Waals surface area contributed by atoms with Crippen LogP contribution in [0.15, 0.2) is 89.9 Å². The maximum Gasteiger partial charge on any atom is 0.252 e. The molecule has 3 heterocycles. The highest BCUT2D eigenvalue weighted by molar-refractivity contribution is 5.70. The lowest BCUT2D eigenvalue weighted by Gasteiger charge is -2.32. The molecule has 0 spiro atoms. The molecule has 0 saturated heterocycles. The largest absolute Gasteiger partial charge is 0.312 e. The van der Waals surface area contributed by atoms with Crippen molar-refractivity contribution in [2.24, 2.45) is 0 Å². The molecule has 1 aliphatic heterocycles. The van der Waals surface area contributed by atoms with E-state index < -0.39 is 0 Å². The van der Waals surface area contributed by atoms with E-state index in [1.54, 1.807) is 12.3 Å². The molecule has 160 valence electrons. The second-order valence-electron chi connectivity index (χ2n) is 7.76. The highest BCUT2D eigenvalue weighted by Gasteiger charge is 2.22. The van der Waals surface area contributed by atoms with Crippen LogP contribution < -0.4 is 15.4 Å². The summed E-state index contributed by atoms with van der Waals surface area (Å²) in [6.07, 6.45) is 2.68. The van der Waals surface area contributed by atoms with Crippen LogP contribution in [0, 0.1) is 0 Å². The molecule has 32 heavy (non-hydrogen) atoms. The summed E-state index contributed by atoms with van der Waals surface area (Å²) in [5.74, 6) is 2.31. The van der Waals surface area contributed by atoms with E-state index in [2.05, 4.69) is 39.9 Å². The molecule has 1 aliphatic rings. The van der Waals surface area contributed by atoms with Crippen LogP contribution in [0.2, 0.25) is 0 Å². The number of para-hydroxylation sites is 1. The maximum absolute atomic E-state index is 12.9. The molecule has 6 heteroatoms. The summed E-state index contributed by atoms with van der Waals surface area (Å²) in [5, 5.41) is 0. The van der Waals surface area contributed by atoms with E-state index in [9.17, 15) is 4.79 Å². The van der Waals surface area contributed by atoms with Crippen molar-refractivity contribution in [1.82, 2.24) is 14.5 Å². The van der Waals surface area contributed by atoms with Gasteiger partial charge in [0.2, 0.25) is 5.95 Å². The van der Waals surface area contributed by atoms with E-state index in [0.29, 0.717) is 12.5 Å². The van der Waals surface area contributed by atoms with Gasteiger partial charge in [-0.1, -0.05) is 48.5 Å². The maximum atomic E-state index is 12.9. The number of benzene rings is 2. The average Bonchev–Trinajstić information content (AvgIpc) is 2.85. The number of hydrogen-bond donors (Lipinski definition) is 0. The molecule has 4 aromatic rings. The molecule has 0 fully saturated rings. The van der Waals surface area contributed by atoms with Crippen molar-refractivity contribution < 1.29 is 0 Å². The molecule has 0 bridgehead atoms. The van der Waals surface area contributed by atoms with Crippen molar-refractivity contribution in [1.29, 1.82) is 0 Å². The lowest BCUT2D eigenvalue weighted by Crippen LogP contribution is -2.35. The first-order valence-electron chi connectivity index (χ1n) is 11.0. The standard InChI is InChI=1S/C26H25N5O/c1-2-29(22-12-7-4-8-13-22)26-27-15-14-23(28-26)30-16-9-17-31-24(30)18-21(19-25(31)32)20-10-5-3-6-11-20/h3-8,10-15,18-19H,2,9,16-17H2,1H3. The first-order valence-corrected chi connectivity index (χ1v) is 11.0. The Hall–Kier alpha value is -3.93. The minimum Gasteiger partial charge on any atom is -0.312 e. The number of aromatic nitrogens is 3. The van der Waals surface area contributed by atoms with E-state index in [-0.39, 0.29) is 5.56 Å². The topological polar surface area (TPSA) is 54.3 Å². The Morgan fingerprint density at radius 3 is 2.41 bits per heavy atom. The number of fused-ring (bicyclic) bond motifs is 1. The summed E-state index contributed by atoms with van der Waals surface area (Å²) < 4.78 is 1.84. The van der Waals surface area contributed by atoms with Crippen LogP contribution in [0.5, 0.6) is 0 Å². The van der Waals surface area contributed by atoms with Gasteiger partial charge in [0.25, 0.3) is 5.56 Å². The van der Waals surface area contributed by atoms with Crippen LogP contribution in [-0.2, 0) is 6.54 Å². The van der Waals surface area contributed by atoms with Crippen molar-refractivity contribution in [3.05, 3.63) is 95.4 Å². The van der Waals surface area contributed by atoms with Gasteiger partial charge in [0.05, 0.1) is 0 Å². The summed E-state index contributed by atoms with van der Waals surface area (Å²) in [6, 6.07) is 25.9. The highest BCUT2D eigenvalue weighted by Crippen LogP contribution is 2.31. The van der Waals surface area contributed by atoms with Crippen molar-refractivity contribution in [3.8, 4) is 11.1 Å². The minimum absolute atomic E-state index is 0.0137. The van der Waals surface area contributed by atoms with Gasteiger partial charge in [0, 0.05) is 37.6 Å². The molecule has 0 radical (unpaired) electrons. The summed E-state index contributed by atoms with van der Waals surface area (Å²) >= 11 is 0. The molecule has 0 aliphatic carbocycles. The number of anilines is 4. The Kier molecular flexibility index (Phi) is 5.42. The van der Waals surface area contributed by atoms with Crippen molar-refractivity contribution >= 4 is 23.3 Å². The molecule has 5 rings (SSSR count). The minimum atomic E-state index is 0.0137. The number of hydrogen-bond acceptors (Lipinski definition) is 5. The van der Waals surface area contributed by atoms with Crippen molar-refractivity contribution in [2.45, 2.75) is 19.9 Å². The second kappa shape index (κ2) is 8.67. The van der Waals surface area contributed by atoms with E-state index in [0.717, 1.165) is 48.0 Å². The lowest BCUT2D eigenvalue weighted by atomic mass is 10.1. The summed E-state index contributed by atoms with van der Waals surface area (Å²) in [4.78, 5) is 26.6. The van der Waals surface area contributed by atoms with Gasteiger partial charge in [-0.15, -0.1) is 0 Å². The normalized spacial score (nSPS) is 13.0.